The lowest BCUT2D eigenvalue weighted by Gasteiger charge is -2.34. The van der Waals surface area contributed by atoms with Crippen LogP contribution in [0.3, 0.4) is 0 Å². The third-order valence-corrected chi connectivity index (χ3v) is 15.2. The van der Waals surface area contributed by atoms with Crippen molar-refractivity contribution in [3.05, 3.63) is 199 Å². The Labute approximate surface area is 305 Å². The van der Waals surface area contributed by atoms with E-state index in [1.807, 2.05) is 0 Å². The molecule has 2 aromatic heterocycles. The van der Waals surface area contributed by atoms with Crippen molar-refractivity contribution in [2.75, 3.05) is 0 Å². The summed E-state index contributed by atoms with van der Waals surface area (Å²) in [5, 5.41) is 7.70. The van der Waals surface area contributed by atoms with Gasteiger partial charge < -0.3 is 0 Å². The van der Waals surface area contributed by atoms with Crippen LogP contribution in [0, 0.1) is 13.8 Å². The molecule has 0 atom stereocenters. The van der Waals surface area contributed by atoms with E-state index in [4.69, 9.17) is 9.97 Å². The topological polar surface area (TPSA) is 30.7 Å². The highest BCUT2D eigenvalue weighted by atomic mass is 28.3. The van der Waals surface area contributed by atoms with Crippen LogP contribution in [0.15, 0.2) is 188 Å². The number of aryl methyl sites for hydroxylation is 2. The summed E-state index contributed by atoms with van der Waals surface area (Å²) in [6.07, 6.45) is 0. The fraction of sp³-hybridized carbons (Fsp3) is 0.0417. The van der Waals surface area contributed by atoms with Gasteiger partial charge in [0.15, 0.2) is 13.9 Å². The molecule has 0 fully saturated rings. The van der Waals surface area contributed by atoms with Crippen LogP contribution in [0.1, 0.15) is 11.1 Å². The van der Waals surface area contributed by atoms with Crippen LogP contribution in [-0.4, -0.2) is 22.6 Å². The van der Waals surface area contributed by atoms with E-state index in [2.05, 4.69) is 206 Å². The van der Waals surface area contributed by atoms with E-state index in [0.717, 1.165) is 33.7 Å². The van der Waals surface area contributed by atoms with Crippen LogP contribution < -0.4 is 20.7 Å². The highest BCUT2D eigenvalue weighted by molar-refractivity contribution is 7.19. The molecule has 0 unspecified atom stereocenters. The van der Waals surface area contributed by atoms with Crippen LogP contribution in [0.5, 0.6) is 0 Å². The molecule has 0 aliphatic carbocycles. The van der Waals surface area contributed by atoms with Crippen molar-refractivity contribution in [3.8, 4) is 28.5 Å². The van der Waals surface area contributed by atoms with Gasteiger partial charge in [-0.3, -0.25) is 4.57 Å². The first-order valence-electron chi connectivity index (χ1n) is 17.8. The van der Waals surface area contributed by atoms with Crippen molar-refractivity contribution in [2.45, 2.75) is 13.8 Å². The normalized spacial score (nSPS) is 11.7. The number of hydrogen-bond donors (Lipinski definition) is 0. The molecule has 9 rings (SSSR count). The molecule has 7 aromatic carbocycles. The molecule has 52 heavy (non-hydrogen) atoms. The van der Waals surface area contributed by atoms with Crippen molar-refractivity contribution < 1.29 is 0 Å². The second kappa shape index (κ2) is 13.1. The minimum absolute atomic E-state index is 0.705. The maximum absolute atomic E-state index is 5.44. The molecule has 0 aliphatic heterocycles. The van der Waals surface area contributed by atoms with Crippen molar-refractivity contribution in [1.29, 1.82) is 0 Å². The van der Waals surface area contributed by atoms with Gasteiger partial charge in [-0.2, -0.15) is 0 Å². The fourth-order valence-electron chi connectivity index (χ4n) is 8.15. The lowest BCUT2D eigenvalue weighted by Crippen LogP contribution is -2.74. The van der Waals surface area contributed by atoms with Crippen LogP contribution in [0.4, 0.5) is 0 Å². The summed E-state index contributed by atoms with van der Waals surface area (Å²) in [6.45, 7) is 4.34. The summed E-state index contributed by atoms with van der Waals surface area (Å²) >= 11 is 0. The number of fused-ring (bicyclic) bond motifs is 3. The highest BCUT2D eigenvalue weighted by Gasteiger charge is 2.41. The van der Waals surface area contributed by atoms with Crippen LogP contribution >= 0.6 is 0 Å². The van der Waals surface area contributed by atoms with Crippen molar-refractivity contribution >= 4 is 50.6 Å². The summed E-state index contributed by atoms with van der Waals surface area (Å²) in [7, 11) is -2.76. The van der Waals surface area contributed by atoms with Gasteiger partial charge in [0.1, 0.15) is 5.82 Å². The Kier molecular flexibility index (Phi) is 7.95. The Bertz CT molecular complexity index is 2530. The molecule has 0 saturated carbocycles. The number of nitrogens with zero attached hydrogens (tertiary/aromatic N) is 3. The summed E-state index contributed by atoms with van der Waals surface area (Å²) in [4.78, 5) is 10.8. The van der Waals surface area contributed by atoms with Crippen LogP contribution in [-0.2, 0) is 0 Å². The van der Waals surface area contributed by atoms with Crippen LogP contribution in [0.2, 0.25) is 0 Å². The molecule has 4 heteroatoms. The highest BCUT2D eigenvalue weighted by Crippen LogP contribution is 2.34. The minimum Gasteiger partial charge on any atom is -0.294 e. The molecular weight excluding hydrogens is 647 g/mol. The van der Waals surface area contributed by atoms with Gasteiger partial charge in [-0.05, 0) is 57.9 Å². The summed E-state index contributed by atoms with van der Waals surface area (Å²) in [5.74, 6) is 1.55. The monoisotopic (exact) mass is 683 g/mol. The Morgan fingerprint density at radius 3 is 1.42 bits per heavy atom. The Hall–Kier alpha value is -6.36. The van der Waals surface area contributed by atoms with Crippen LogP contribution in [0.25, 0.3) is 50.3 Å². The molecule has 0 saturated heterocycles. The second-order valence-electron chi connectivity index (χ2n) is 13.5. The maximum Gasteiger partial charge on any atom is 0.179 e. The summed E-state index contributed by atoms with van der Waals surface area (Å²) < 4.78 is 2.30. The van der Waals surface area contributed by atoms with E-state index < -0.39 is 8.07 Å². The number of aromatic nitrogens is 3. The maximum atomic E-state index is 5.44. The van der Waals surface area contributed by atoms with Gasteiger partial charge in [0.2, 0.25) is 0 Å². The Balaban J connectivity index is 1.34. The average Bonchev–Trinajstić information content (AvgIpc) is 3.54. The summed E-state index contributed by atoms with van der Waals surface area (Å²) in [6, 6.07) is 68.0. The van der Waals surface area contributed by atoms with Crippen molar-refractivity contribution in [3.63, 3.8) is 0 Å². The number of benzene rings is 7. The molecule has 0 aliphatic rings. The lowest BCUT2D eigenvalue weighted by molar-refractivity contribution is 1.05. The molecule has 9 aromatic rings. The second-order valence-corrected chi connectivity index (χ2v) is 17.3. The van der Waals surface area contributed by atoms with Gasteiger partial charge in [-0.25, -0.2) is 9.97 Å². The quantitative estimate of drug-likeness (QED) is 0.124. The fourth-order valence-corrected chi connectivity index (χ4v) is 12.9. The molecule has 248 valence electrons. The molecule has 0 bridgehead atoms. The molecule has 0 amide bonds. The van der Waals surface area contributed by atoms with E-state index in [0.29, 0.717) is 5.82 Å². The molecule has 0 N–H and O–H groups in total. The number of rotatable bonds is 7. The van der Waals surface area contributed by atoms with Gasteiger partial charge >= 0.3 is 0 Å². The predicted octanol–water partition coefficient (Wildman–Crippen LogP) is 8.90. The van der Waals surface area contributed by atoms with Crippen molar-refractivity contribution in [2.24, 2.45) is 0 Å². The first kappa shape index (κ1) is 31.6. The summed E-state index contributed by atoms with van der Waals surface area (Å²) in [5.41, 5.74) is 7.68. The zero-order valence-corrected chi connectivity index (χ0v) is 30.2. The largest absolute Gasteiger partial charge is 0.294 e. The smallest absolute Gasteiger partial charge is 0.179 e. The van der Waals surface area contributed by atoms with Crippen molar-refractivity contribution in [1.82, 2.24) is 14.5 Å². The third kappa shape index (κ3) is 5.19. The van der Waals surface area contributed by atoms with Gasteiger partial charge in [0, 0.05) is 28.0 Å². The SMILES string of the molecule is Cc1cccc(C)c1-c1cc(-n2c3ccccc3c3ccccc32)nc(-c2cccc([Si](c3ccccc3)(c3ccccc3)c3ccccc3)c2)n1. The van der Waals surface area contributed by atoms with E-state index in [1.54, 1.807) is 0 Å². The number of hydrogen-bond acceptors (Lipinski definition) is 2. The zero-order chi connectivity index (χ0) is 35.1. The first-order chi connectivity index (χ1) is 25.6. The molecular formula is C48H37N3Si. The van der Waals surface area contributed by atoms with E-state index in [1.165, 1.54) is 42.6 Å². The standard InChI is InChI=1S/C48H37N3Si/c1-34-18-16-19-35(2)47(34)43-33-46(51-44-30-14-12-28-41(44)42-29-13-15-31-45(42)51)50-48(49-43)36-20-17-27-40(32-36)52(37-21-6-3-7-22-37,38-23-8-4-9-24-38)39-25-10-5-11-26-39/h3-33H,1-2H3. The predicted molar refractivity (Wildman–Crippen MR) is 220 cm³/mol. The van der Waals surface area contributed by atoms with Gasteiger partial charge in [-0.1, -0.05) is 170 Å². The Morgan fingerprint density at radius 1 is 0.423 bits per heavy atom. The lowest BCUT2D eigenvalue weighted by atomic mass is 9.99. The van der Waals surface area contributed by atoms with E-state index >= 15 is 0 Å². The molecule has 3 nitrogen and oxygen atoms in total. The van der Waals surface area contributed by atoms with Gasteiger partial charge in [0.25, 0.3) is 0 Å². The number of para-hydroxylation sites is 2. The van der Waals surface area contributed by atoms with E-state index in [-0.39, 0.29) is 0 Å². The van der Waals surface area contributed by atoms with Gasteiger partial charge in [0.05, 0.1) is 16.7 Å². The zero-order valence-electron chi connectivity index (χ0n) is 29.2. The third-order valence-electron chi connectivity index (χ3n) is 10.4. The van der Waals surface area contributed by atoms with Gasteiger partial charge in [-0.15, -0.1) is 0 Å². The first-order valence-corrected chi connectivity index (χ1v) is 19.8. The molecule has 2 heterocycles. The van der Waals surface area contributed by atoms with E-state index in [9.17, 15) is 0 Å². The minimum atomic E-state index is -2.76. The Morgan fingerprint density at radius 2 is 0.885 bits per heavy atom. The molecule has 0 spiro atoms. The average molecular weight is 684 g/mol. The molecule has 0 radical (unpaired) electrons.